The monoisotopic (exact) mass is 421 g/mol. The summed E-state index contributed by atoms with van der Waals surface area (Å²) in [5, 5.41) is 6.78. The molecule has 29 heavy (non-hydrogen) atoms. The van der Waals surface area contributed by atoms with Crippen molar-refractivity contribution in [2.24, 2.45) is 0 Å². The van der Waals surface area contributed by atoms with E-state index in [9.17, 15) is 9.18 Å². The molecule has 0 fully saturated rings. The molecular formula is C22H16FN3OS2. The molecule has 0 spiro atoms. The topological polar surface area (TPSA) is 54.0 Å². The van der Waals surface area contributed by atoms with Gasteiger partial charge in [0.1, 0.15) is 10.8 Å². The van der Waals surface area contributed by atoms with Gasteiger partial charge in [0, 0.05) is 16.8 Å². The van der Waals surface area contributed by atoms with Gasteiger partial charge in [-0.25, -0.2) is 9.37 Å². The summed E-state index contributed by atoms with van der Waals surface area (Å²) in [6.07, 6.45) is 0. The highest BCUT2D eigenvalue weighted by Gasteiger charge is 2.13. The Hall–Kier alpha value is -3.16. The van der Waals surface area contributed by atoms with Gasteiger partial charge in [0.05, 0.1) is 10.2 Å². The van der Waals surface area contributed by atoms with Crippen molar-refractivity contribution in [3.8, 4) is 10.6 Å². The van der Waals surface area contributed by atoms with E-state index in [0.717, 1.165) is 32.0 Å². The van der Waals surface area contributed by atoms with Gasteiger partial charge in [0.15, 0.2) is 5.11 Å². The minimum Gasteiger partial charge on any atom is -0.332 e. The van der Waals surface area contributed by atoms with E-state index in [-0.39, 0.29) is 5.11 Å². The van der Waals surface area contributed by atoms with Crippen molar-refractivity contribution < 1.29 is 9.18 Å². The number of hydrogen-bond acceptors (Lipinski definition) is 4. The number of rotatable bonds is 3. The van der Waals surface area contributed by atoms with Gasteiger partial charge in [-0.3, -0.25) is 10.1 Å². The summed E-state index contributed by atoms with van der Waals surface area (Å²) in [5.74, 6) is -0.799. The number of halogens is 1. The van der Waals surface area contributed by atoms with E-state index in [0.29, 0.717) is 5.56 Å². The van der Waals surface area contributed by atoms with Gasteiger partial charge in [0.25, 0.3) is 5.91 Å². The Bertz CT molecular complexity index is 1190. The number of anilines is 1. The lowest BCUT2D eigenvalue weighted by molar-refractivity contribution is 0.0977. The molecule has 0 radical (unpaired) electrons. The number of aromatic nitrogens is 1. The van der Waals surface area contributed by atoms with Crippen LogP contribution in [0.1, 0.15) is 15.9 Å². The van der Waals surface area contributed by atoms with Gasteiger partial charge in [-0.2, -0.15) is 0 Å². The van der Waals surface area contributed by atoms with Crippen LogP contribution in [0.25, 0.3) is 20.8 Å². The van der Waals surface area contributed by atoms with Crippen molar-refractivity contribution >= 4 is 50.5 Å². The van der Waals surface area contributed by atoms with Crippen molar-refractivity contribution in [2.75, 3.05) is 5.32 Å². The Morgan fingerprint density at radius 1 is 1.03 bits per heavy atom. The van der Waals surface area contributed by atoms with Crippen LogP contribution in [0.3, 0.4) is 0 Å². The lowest BCUT2D eigenvalue weighted by atomic mass is 10.1. The summed E-state index contributed by atoms with van der Waals surface area (Å²) in [6, 6.07) is 19.1. The Labute approximate surface area is 176 Å². The van der Waals surface area contributed by atoms with Crippen LogP contribution in [-0.2, 0) is 0 Å². The first kappa shape index (κ1) is 19.2. The fraction of sp³-hybridized carbons (Fsp3) is 0.0455. The number of thiazole rings is 1. The molecule has 0 aliphatic heterocycles. The molecule has 1 amide bonds. The second-order valence-corrected chi connectivity index (χ2v) is 7.82. The van der Waals surface area contributed by atoms with Gasteiger partial charge >= 0.3 is 0 Å². The number of nitrogens with zero attached hydrogens (tertiary/aromatic N) is 1. The lowest BCUT2D eigenvalue weighted by Crippen LogP contribution is -2.34. The molecule has 4 nitrogen and oxygen atoms in total. The maximum Gasteiger partial charge on any atom is 0.257 e. The maximum absolute atomic E-state index is 13.0. The normalized spacial score (nSPS) is 10.7. The molecule has 3 aromatic carbocycles. The average molecular weight is 422 g/mol. The Balaban J connectivity index is 1.53. The summed E-state index contributed by atoms with van der Waals surface area (Å²) in [5.41, 5.74) is 4.06. The average Bonchev–Trinajstić information content (AvgIpc) is 3.14. The lowest BCUT2D eigenvalue weighted by Gasteiger charge is -2.13. The highest BCUT2D eigenvalue weighted by atomic mass is 32.1. The van der Waals surface area contributed by atoms with Crippen molar-refractivity contribution in [3.63, 3.8) is 0 Å². The molecule has 0 unspecified atom stereocenters. The zero-order chi connectivity index (χ0) is 20.4. The van der Waals surface area contributed by atoms with Crippen LogP contribution in [0, 0.1) is 12.7 Å². The quantitative estimate of drug-likeness (QED) is 0.427. The van der Waals surface area contributed by atoms with Crippen molar-refractivity contribution in [3.05, 3.63) is 83.7 Å². The van der Waals surface area contributed by atoms with Crippen molar-refractivity contribution in [1.82, 2.24) is 10.3 Å². The third-order valence-electron chi connectivity index (χ3n) is 4.44. The van der Waals surface area contributed by atoms with E-state index in [1.54, 1.807) is 11.3 Å². The number of carbonyl (C=O) groups is 1. The molecule has 0 aliphatic rings. The predicted octanol–water partition coefficient (Wildman–Crippen LogP) is 5.54. The molecule has 0 bridgehead atoms. The van der Waals surface area contributed by atoms with Gasteiger partial charge in [-0.05, 0) is 67.2 Å². The van der Waals surface area contributed by atoms with Crippen LogP contribution in [0.5, 0.6) is 0 Å². The molecule has 7 heteroatoms. The molecule has 4 aromatic rings. The Morgan fingerprint density at radius 3 is 2.55 bits per heavy atom. The van der Waals surface area contributed by atoms with Crippen LogP contribution in [0.15, 0.2) is 66.7 Å². The second kappa shape index (κ2) is 8.06. The zero-order valence-electron chi connectivity index (χ0n) is 15.4. The fourth-order valence-corrected chi connectivity index (χ4v) is 4.17. The highest BCUT2D eigenvalue weighted by Crippen LogP contribution is 2.34. The number of fused-ring (bicyclic) bond motifs is 1. The first-order valence-corrected chi connectivity index (χ1v) is 10.1. The summed E-state index contributed by atoms with van der Waals surface area (Å²) in [6.45, 7) is 1.98. The summed E-state index contributed by atoms with van der Waals surface area (Å²) in [4.78, 5) is 17.0. The minimum absolute atomic E-state index is 0.170. The second-order valence-electron chi connectivity index (χ2n) is 6.38. The number of thiocarbonyl (C=S) groups is 1. The van der Waals surface area contributed by atoms with Crippen LogP contribution in [0.2, 0.25) is 0 Å². The molecule has 0 saturated heterocycles. The van der Waals surface area contributed by atoms with Crippen LogP contribution < -0.4 is 10.6 Å². The summed E-state index contributed by atoms with van der Waals surface area (Å²) in [7, 11) is 0. The fourth-order valence-electron chi connectivity index (χ4n) is 2.92. The number of benzene rings is 3. The van der Waals surface area contributed by atoms with Gasteiger partial charge in [-0.1, -0.05) is 24.3 Å². The zero-order valence-corrected chi connectivity index (χ0v) is 17.0. The molecule has 1 aromatic heterocycles. The minimum atomic E-state index is -0.400. The molecule has 1 heterocycles. The molecule has 0 atom stereocenters. The first-order chi connectivity index (χ1) is 14.0. The van der Waals surface area contributed by atoms with E-state index in [1.165, 1.54) is 24.3 Å². The van der Waals surface area contributed by atoms with Gasteiger partial charge in [-0.15, -0.1) is 11.3 Å². The largest absolute Gasteiger partial charge is 0.332 e. The number of amides is 1. The molecular weight excluding hydrogens is 405 g/mol. The molecule has 4 rings (SSSR count). The summed E-state index contributed by atoms with van der Waals surface area (Å²) >= 11 is 6.91. The third kappa shape index (κ3) is 4.16. The number of carbonyl (C=O) groups excluding carboxylic acids is 1. The molecule has 144 valence electrons. The third-order valence-corrected chi connectivity index (χ3v) is 5.71. The van der Waals surface area contributed by atoms with E-state index in [1.807, 2.05) is 49.4 Å². The molecule has 0 aliphatic carbocycles. The number of nitrogens with one attached hydrogen (secondary N) is 2. The SMILES string of the molecule is Cc1c(NC(=S)NC(=O)c2ccc(F)cc2)cccc1-c1nc2ccccc2s1. The molecule has 2 N–H and O–H groups in total. The van der Waals surface area contributed by atoms with Crippen LogP contribution >= 0.6 is 23.6 Å². The van der Waals surface area contributed by atoms with Crippen LogP contribution in [-0.4, -0.2) is 16.0 Å². The summed E-state index contributed by atoms with van der Waals surface area (Å²) < 4.78 is 14.1. The van der Waals surface area contributed by atoms with Gasteiger partial charge < -0.3 is 5.32 Å². The van der Waals surface area contributed by atoms with Crippen molar-refractivity contribution in [2.45, 2.75) is 6.92 Å². The standard InChI is InChI=1S/C22H16FN3OS2/c1-13-16(21-24-18-6-2-3-8-19(18)29-21)5-4-7-17(13)25-22(28)26-20(27)14-9-11-15(23)12-10-14/h2-12H,1H3,(H2,25,26,27,28). The smallest absolute Gasteiger partial charge is 0.257 e. The number of para-hydroxylation sites is 1. The van der Waals surface area contributed by atoms with Crippen LogP contribution in [0.4, 0.5) is 10.1 Å². The van der Waals surface area contributed by atoms with E-state index >= 15 is 0 Å². The maximum atomic E-state index is 13.0. The Morgan fingerprint density at radius 2 is 1.79 bits per heavy atom. The van der Waals surface area contributed by atoms with E-state index in [4.69, 9.17) is 17.2 Å². The first-order valence-electron chi connectivity index (χ1n) is 8.85. The number of hydrogen-bond donors (Lipinski definition) is 2. The Kier molecular flexibility index (Phi) is 5.33. The highest BCUT2D eigenvalue weighted by molar-refractivity contribution is 7.80. The predicted molar refractivity (Wildman–Crippen MR) is 120 cm³/mol. The van der Waals surface area contributed by atoms with E-state index in [2.05, 4.69) is 10.6 Å². The van der Waals surface area contributed by atoms with Gasteiger partial charge in [0.2, 0.25) is 0 Å². The van der Waals surface area contributed by atoms with E-state index < -0.39 is 11.7 Å². The molecule has 0 saturated carbocycles. The van der Waals surface area contributed by atoms with Crippen molar-refractivity contribution in [1.29, 1.82) is 0 Å².